The van der Waals surface area contributed by atoms with Crippen molar-refractivity contribution in [3.8, 4) is 0 Å². The predicted octanol–water partition coefficient (Wildman–Crippen LogP) is 0.715. The van der Waals surface area contributed by atoms with Gasteiger partial charge in [0.2, 0.25) is 5.95 Å². The number of anilines is 1. The Hall–Kier alpha value is -1.99. The van der Waals surface area contributed by atoms with E-state index in [-0.39, 0.29) is 0 Å². The van der Waals surface area contributed by atoms with Crippen molar-refractivity contribution in [1.82, 2.24) is 30.0 Å². The van der Waals surface area contributed by atoms with Crippen LogP contribution in [0, 0.1) is 13.8 Å². The number of fused-ring (bicyclic) bond motifs is 1. The number of aryl methyl sites for hydroxylation is 2. The van der Waals surface area contributed by atoms with Crippen molar-refractivity contribution in [2.45, 2.75) is 33.5 Å². The van der Waals surface area contributed by atoms with Crippen LogP contribution in [0.3, 0.4) is 0 Å². The molecule has 0 spiro atoms. The molecule has 2 aliphatic rings. The lowest BCUT2D eigenvalue weighted by Crippen LogP contribution is -2.46. The van der Waals surface area contributed by atoms with E-state index >= 15 is 0 Å². The first-order valence-electron chi connectivity index (χ1n) is 8.73. The van der Waals surface area contributed by atoms with E-state index < -0.39 is 0 Å². The summed E-state index contributed by atoms with van der Waals surface area (Å²) in [6.07, 6.45) is 0. The number of hydrogen-bond donors (Lipinski definition) is 1. The Morgan fingerprint density at radius 2 is 1.75 bits per heavy atom. The van der Waals surface area contributed by atoms with Gasteiger partial charge >= 0.3 is 0 Å². The van der Waals surface area contributed by atoms with E-state index in [9.17, 15) is 0 Å². The molecular formula is C17H25N7. The molecule has 1 saturated heterocycles. The molecule has 4 heterocycles. The summed E-state index contributed by atoms with van der Waals surface area (Å²) in [6.45, 7) is 11.9. The molecule has 0 aliphatic carbocycles. The number of piperazine rings is 1. The van der Waals surface area contributed by atoms with Crippen molar-refractivity contribution in [3.63, 3.8) is 0 Å². The first-order chi connectivity index (χ1) is 11.7. The monoisotopic (exact) mass is 327 g/mol. The molecule has 2 aromatic rings. The lowest BCUT2D eigenvalue weighted by Gasteiger charge is -2.34. The van der Waals surface area contributed by atoms with Crippen molar-refractivity contribution in [3.05, 3.63) is 34.9 Å². The summed E-state index contributed by atoms with van der Waals surface area (Å²) in [5.74, 6) is 0.871. The summed E-state index contributed by atoms with van der Waals surface area (Å²) >= 11 is 0. The summed E-state index contributed by atoms with van der Waals surface area (Å²) in [5, 5.41) is 8.14. The molecule has 0 atom stereocenters. The first-order valence-corrected chi connectivity index (χ1v) is 8.73. The second-order valence-electron chi connectivity index (χ2n) is 6.74. The van der Waals surface area contributed by atoms with Gasteiger partial charge in [-0.1, -0.05) is 0 Å². The third-order valence-electron chi connectivity index (χ3n) is 4.73. The molecule has 24 heavy (non-hydrogen) atoms. The molecular weight excluding hydrogens is 302 g/mol. The second kappa shape index (κ2) is 6.49. The standard InChI is InChI=1S/C17H25N7/c1-13-9-14(2)20-17(19-13)23-7-5-22(6-8-23)12-15-10-16-11-18-3-4-24(16)21-15/h9-10,18H,3-8,11-12H2,1-2H3. The second-order valence-corrected chi connectivity index (χ2v) is 6.74. The highest BCUT2D eigenvalue weighted by Gasteiger charge is 2.21. The Morgan fingerprint density at radius 3 is 2.46 bits per heavy atom. The molecule has 0 unspecified atom stereocenters. The SMILES string of the molecule is Cc1cc(C)nc(N2CCN(Cc3cc4n(n3)CCNC4)CC2)n1. The van der Waals surface area contributed by atoms with E-state index in [4.69, 9.17) is 5.10 Å². The van der Waals surface area contributed by atoms with Gasteiger partial charge in [-0.25, -0.2) is 9.97 Å². The van der Waals surface area contributed by atoms with Crippen LogP contribution in [0.15, 0.2) is 12.1 Å². The van der Waals surface area contributed by atoms with Crippen molar-refractivity contribution in [2.75, 3.05) is 37.6 Å². The van der Waals surface area contributed by atoms with Crippen LogP contribution in [-0.2, 0) is 19.6 Å². The topological polar surface area (TPSA) is 62.1 Å². The smallest absolute Gasteiger partial charge is 0.225 e. The average molecular weight is 327 g/mol. The number of nitrogens with zero attached hydrogens (tertiary/aromatic N) is 6. The quantitative estimate of drug-likeness (QED) is 0.896. The van der Waals surface area contributed by atoms with Crippen LogP contribution >= 0.6 is 0 Å². The molecule has 4 rings (SSSR count). The maximum atomic E-state index is 4.74. The van der Waals surface area contributed by atoms with Crippen LogP contribution in [0.1, 0.15) is 22.8 Å². The van der Waals surface area contributed by atoms with Crippen molar-refractivity contribution >= 4 is 5.95 Å². The number of hydrogen-bond acceptors (Lipinski definition) is 6. The third kappa shape index (κ3) is 3.27. The Bertz CT molecular complexity index is 672. The summed E-state index contributed by atoms with van der Waals surface area (Å²) in [7, 11) is 0. The minimum atomic E-state index is 0.871. The molecule has 7 heteroatoms. The van der Waals surface area contributed by atoms with Gasteiger partial charge in [0.05, 0.1) is 17.9 Å². The Kier molecular flexibility index (Phi) is 4.20. The van der Waals surface area contributed by atoms with Crippen molar-refractivity contribution in [2.24, 2.45) is 0 Å². The van der Waals surface area contributed by atoms with E-state index in [1.54, 1.807) is 0 Å². The van der Waals surface area contributed by atoms with Gasteiger partial charge in [-0.3, -0.25) is 9.58 Å². The molecule has 1 fully saturated rings. The molecule has 7 nitrogen and oxygen atoms in total. The van der Waals surface area contributed by atoms with Gasteiger partial charge in [-0.2, -0.15) is 5.10 Å². The summed E-state index contributed by atoms with van der Waals surface area (Å²) in [4.78, 5) is 13.9. The fraction of sp³-hybridized carbons (Fsp3) is 0.588. The minimum Gasteiger partial charge on any atom is -0.338 e. The van der Waals surface area contributed by atoms with Gasteiger partial charge in [-0.15, -0.1) is 0 Å². The minimum absolute atomic E-state index is 0.871. The highest BCUT2D eigenvalue weighted by Crippen LogP contribution is 2.15. The highest BCUT2D eigenvalue weighted by atomic mass is 15.3. The van der Waals surface area contributed by atoms with Gasteiger partial charge in [0.25, 0.3) is 0 Å². The molecule has 0 amide bonds. The van der Waals surface area contributed by atoms with E-state index in [0.717, 1.165) is 69.7 Å². The van der Waals surface area contributed by atoms with E-state index in [0.29, 0.717) is 0 Å². The summed E-state index contributed by atoms with van der Waals surface area (Å²) < 4.78 is 2.14. The fourth-order valence-electron chi connectivity index (χ4n) is 3.51. The fourth-order valence-corrected chi connectivity index (χ4v) is 3.51. The number of nitrogens with one attached hydrogen (secondary N) is 1. The molecule has 128 valence electrons. The average Bonchev–Trinajstić information content (AvgIpc) is 2.97. The van der Waals surface area contributed by atoms with Crippen LogP contribution in [0.5, 0.6) is 0 Å². The zero-order valence-corrected chi connectivity index (χ0v) is 14.5. The predicted molar refractivity (Wildman–Crippen MR) is 92.9 cm³/mol. The first kappa shape index (κ1) is 15.5. The maximum Gasteiger partial charge on any atom is 0.225 e. The van der Waals surface area contributed by atoms with Gasteiger partial charge < -0.3 is 10.2 Å². The Morgan fingerprint density at radius 1 is 1.00 bits per heavy atom. The molecule has 1 N–H and O–H groups in total. The van der Waals surface area contributed by atoms with E-state index in [1.807, 2.05) is 19.9 Å². The largest absolute Gasteiger partial charge is 0.338 e. The maximum absolute atomic E-state index is 4.74. The summed E-state index contributed by atoms with van der Waals surface area (Å²) in [5.41, 5.74) is 4.57. The molecule has 0 saturated carbocycles. The molecule has 0 radical (unpaired) electrons. The lowest BCUT2D eigenvalue weighted by atomic mass is 10.2. The van der Waals surface area contributed by atoms with Crippen LogP contribution in [0.4, 0.5) is 5.95 Å². The molecule has 2 aliphatic heterocycles. The van der Waals surface area contributed by atoms with Gasteiger partial charge in [0.1, 0.15) is 0 Å². The Balaban J connectivity index is 1.36. The van der Waals surface area contributed by atoms with Crippen LogP contribution in [0.25, 0.3) is 0 Å². The van der Waals surface area contributed by atoms with Gasteiger partial charge in [0, 0.05) is 57.2 Å². The van der Waals surface area contributed by atoms with Crippen molar-refractivity contribution < 1.29 is 0 Å². The lowest BCUT2D eigenvalue weighted by molar-refractivity contribution is 0.245. The van der Waals surface area contributed by atoms with Crippen LogP contribution in [-0.4, -0.2) is 57.4 Å². The molecule has 2 aromatic heterocycles. The van der Waals surface area contributed by atoms with E-state index in [2.05, 4.69) is 35.8 Å². The number of rotatable bonds is 3. The Labute approximate surface area is 142 Å². The van der Waals surface area contributed by atoms with Crippen molar-refractivity contribution in [1.29, 1.82) is 0 Å². The molecule has 0 aromatic carbocycles. The van der Waals surface area contributed by atoms with Gasteiger partial charge in [-0.05, 0) is 26.0 Å². The third-order valence-corrected chi connectivity index (χ3v) is 4.73. The van der Waals surface area contributed by atoms with Crippen LogP contribution in [0.2, 0.25) is 0 Å². The number of aromatic nitrogens is 4. The normalized spacial score (nSPS) is 18.7. The zero-order valence-electron chi connectivity index (χ0n) is 14.5. The summed E-state index contributed by atoms with van der Waals surface area (Å²) in [6, 6.07) is 4.26. The van der Waals surface area contributed by atoms with Crippen LogP contribution < -0.4 is 10.2 Å². The zero-order chi connectivity index (χ0) is 16.5. The highest BCUT2D eigenvalue weighted by molar-refractivity contribution is 5.33. The van der Waals surface area contributed by atoms with Gasteiger partial charge in [0.15, 0.2) is 0 Å². The van der Waals surface area contributed by atoms with E-state index in [1.165, 1.54) is 11.4 Å². The molecule has 0 bridgehead atoms.